The van der Waals surface area contributed by atoms with Crippen molar-refractivity contribution in [2.45, 2.75) is 44.6 Å². The summed E-state index contributed by atoms with van der Waals surface area (Å²) in [4.78, 5) is 37.6. The topological polar surface area (TPSA) is 104 Å². The Kier molecular flexibility index (Phi) is 5.80. The first-order chi connectivity index (χ1) is 19.4. The molecule has 0 unspecified atom stereocenters. The fourth-order valence-corrected chi connectivity index (χ4v) is 6.07. The van der Waals surface area contributed by atoms with Crippen LogP contribution in [0.3, 0.4) is 0 Å². The van der Waals surface area contributed by atoms with E-state index in [0.717, 1.165) is 30.5 Å². The van der Waals surface area contributed by atoms with Gasteiger partial charge in [0.05, 0.1) is 23.2 Å². The molecule has 1 saturated heterocycles. The molecule has 1 saturated carbocycles. The van der Waals surface area contributed by atoms with Crippen molar-refractivity contribution < 1.29 is 19.1 Å². The van der Waals surface area contributed by atoms with Crippen LogP contribution < -0.4 is 4.90 Å². The second kappa shape index (κ2) is 9.39. The number of carboxylic acid groups (broad SMARTS) is 1. The van der Waals surface area contributed by atoms with Gasteiger partial charge in [0.1, 0.15) is 11.5 Å². The van der Waals surface area contributed by atoms with Gasteiger partial charge in [0, 0.05) is 37.3 Å². The highest BCUT2D eigenvalue weighted by molar-refractivity contribution is 5.93. The van der Waals surface area contributed by atoms with Crippen molar-refractivity contribution in [2.24, 2.45) is 5.92 Å². The molecule has 40 heavy (non-hydrogen) atoms. The minimum atomic E-state index is -0.847. The number of anilines is 1. The van der Waals surface area contributed by atoms with Gasteiger partial charge in [-0.15, -0.1) is 0 Å². The maximum absolute atomic E-state index is 15.3. The molecule has 3 aromatic heterocycles. The number of carboxylic acids is 1. The van der Waals surface area contributed by atoms with Crippen molar-refractivity contribution in [1.82, 2.24) is 24.5 Å². The van der Waals surface area contributed by atoms with Gasteiger partial charge in [-0.1, -0.05) is 24.3 Å². The Morgan fingerprint density at radius 2 is 1.85 bits per heavy atom. The molecule has 0 bridgehead atoms. The molecule has 9 nitrogen and oxygen atoms in total. The lowest BCUT2D eigenvalue weighted by molar-refractivity contribution is -0.140. The van der Waals surface area contributed by atoms with Crippen LogP contribution in [0.1, 0.15) is 65.5 Å². The number of pyridine rings is 1. The van der Waals surface area contributed by atoms with Gasteiger partial charge in [-0.3, -0.25) is 9.59 Å². The molecular weight excluding hydrogens is 511 g/mol. The summed E-state index contributed by atoms with van der Waals surface area (Å²) in [5, 5.41) is 14.0. The van der Waals surface area contributed by atoms with E-state index in [1.165, 1.54) is 5.56 Å². The fraction of sp³-hybridized carbons (Fsp3) is 0.367. The number of carbonyl (C=O) groups is 2. The second-order valence-corrected chi connectivity index (χ2v) is 11.0. The number of carbonyl (C=O) groups excluding carboxylic acids is 1. The molecule has 1 amide bonds. The van der Waals surface area contributed by atoms with Crippen LogP contribution in [-0.4, -0.2) is 61.1 Å². The normalized spacial score (nSPS) is 20.6. The van der Waals surface area contributed by atoms with E-state index >= 15 is 4.39 Å². The second-order valence-electron chi connectivity index (χ2n) is 11.0. The monoisotopic (exact) mass is 540 g/mol. The summed E-state index contributed by atoms with van der Waals surface area (Å²) in [6.07, 6.45) is 3.32. The average molecular weight is 541 g/mol. The maximum Gasteiger partial charge on any atom is 0.308 e. The van der Waals surface area contributed by atoms with Gasteiger partial charge in [0.25, 0.3) is 5.91 Å². The lowest BCUT2D eigenvalue weighted by Crippen LogP contribution is -2.39. The van der Waals surface area contributed by atoms with Crippen molar-refractivity contribution in [1.29, 1.82) is 0 Å². The van der Waals surface area contributed by atoms with E-state index in [2.05, 4.69) is 29.1 Å². The average Bonchev–Trinajstić information content (AvgIpc) is 3.51. The summed E-state index contributed by atoms with van der Waals surface area (Å²) in [6.45, 7) is 3.50. The van der Waals surface area contributed by atoms with Crippen LogP contribution in [0.4, 0.5) is 10.2 Å². The molecule has 2 aliphatic heterocycles. The number of halogens is 1. The van der Waals surface area contributed by atoms with E-state index in [-0.39, 0.29) is 23.4 Å². The van der Waals surface area contributed by atoms with E-state index in [9.17, 15) is 14.7 Å². The van der Waals surface area contributed by atoms with Crippen LogP contribution >= 0.6 is 0 Å². The number of benzene rings is 1. The van der Waals surface area contributed by atoms with E-state index in [1.807, 2.05) is 23.1 Å². The maximum atomic E-state index is 15.3. The van der Waals surface area contributed by atoms with Crippen molar-refractivity contribution in [2.75, 3.05) is 24.5 Å². The third-order valence-electron chi connectivity index (χ3n) is 8.50. The van der Waals surface area contributed by atoms with Gasteiger partial charge < -0.3 is 14.9 Å². The van der Waals surface area contributed by atoms with Crippen LogP contribution in [-0.2, 0) is 11.2 Å². The highest BCUT2D eigenvalue weighted by atomic mass is 19.1. The summed E-state index contributed by atoms with van der Waals surface area (Å²) in [5.41, 5.74) is 4.85. The SMILES string of the molecule is C[C@@H]1c2ccccc2CCN1C(=O)c1cc(C2CC2)n2nc(-c3ccc(N4CC[C@H](C(=O)O)C4)nc3F)cc2n1. The third-order valence-corrected chi connectivity index (χ3v) is 8.50. The zero-order chi connectivity index (χ0) is 27.5. The summed E-state index contributed by atoms with van der Waals surface area (Å²) in [5.74, 6) is -1.42. The van der Waals surface area contributed by atoms with Gasteiger partial charge in [0.2, 0.25) is 5.95 Å². The Morgan fingerprint density at radius 1 is 1.02 bits per heavy atom. The largest absolute Gasteiger partial charge is 0.481 e. The predicted molar refractivity (Wildman–Crippen MR) is 146 cm³/mol. The first-order valence-corrected chi connectivity index (χ1v) is 13.8. The first-order valence-electron chi connectivity index (χ1n) is 13.8. The zero-order valence-electron chi connectivity index (χ0n) is 22.1. The lowest BCUT2D eigenvalue weighted by Gasteiger charge is -2.35. The Labute approximate surface area is 230 Å². The fourth-order valence-electron chi connectivity index (χ4n) is 6.07. The van der Waals surface area contributed by atoms with E-state index in [4.69, 9.17) is 4.98 Å². The number of amides is 1. The number of hydrogen-bond donors (Lipinski definition) is 1. The summed E-state index contributed by atoms with van der Waals surface area (Å²) in [7, 11) is 0. The standard InChI is InChI=1S/C30H29FN6O3/c1-17-21-5-3-2-4-18(21)11-13-36(17)29(38)24-14-25(19-6-7-19)37-27(32-24)15-23(34-37)22-8-9-26(33-28(22)31)35-12-10-20(16-35)30(39)40/h2-5,8-9,14-15,17,19-20H,6-7,10-13,16H2,1H3,(H,39,40)/t17-,20+/m1/s1. The van der Waals surface area contributed by atoms with Crippen LogP contribution in [0.25, 0.3) is 16.9 Å². The summed E-state index contributed by atoms with van der Waals surface area (Å²) in [6, 6.07) is 15.1. The quantitative estimate of drug-likeness (QED) is 0.372. The molecule has 5 heterocycles. The Hall–Kier alpha value is -4.34. The molecule has 1 aromatic carbocycles. The van der Waals surface area contributed by atoms with Crippen molar-refractivity contribution in [3.63, 3.8) is 0 Å². The zero-order valence-corrected chi connectivity index (χ0v) is 22.1. The number of hydrogen-bond acceptors (Lipinski definition) is 6. The van der Waals surface area contributed by atoms with Gasteiger partial charge >= 0.3 is 5.97 Å². The number of fused-ring (bicyclic) bond motifs is 2. The van der Waals surface area contributed by atoms with Gasteiger partial charge in [-0.25, -0.2) is 14.5 Å². The molecule has 1 N–H and O–H groups in total. The molecule has 0 spiro atoms. The van der Waals surface area contributed by atoms with Crippen molar-refractivity contribution in [3.8, 4) is 11.3 Å². The molecule has 2 atom stereocenters. The minimum Gasteiger partial charge on any atom is -0.481 e. The van der Waals surface area contributed by atoms with E-state index in [1.54, 1.807) is 27.6 Å². The van der Waals surface area contributed by atoms with Gasteiger partial charge in [-0.05, 0) is 61.9 Å². The molecule has 2 fully saturated rings. The molecule has 0 radical (unpaired) electrons. The Balaban J connectivity index is 1.21. The number of nitrogens with zero attached hydrogens (tertiary/aromatic N) is 6. The van der Waals surface area contributed by atoms with Crippen LogP contribution in [0.5, 0.6) is 0 Å². The number of rotatable bonds is 5. The van der Waals surface area contributed by atoms with Crippen LogP contribution in [0.15, 0.2) is 48.5 Å². The minimum absolute atomic E-state index is 0.0552. The van der Waals surface area contributed by atoms with Gasteiger partial charge in [0.15, 0.2) is 5.65 Å². The number of aromatic nitrogens is 4. The predicted octanol–water partition coefficient (Wildman–Crippen LogP) is 4.48. The first kappa shape index (κ1) is 24.7. The van der Waals surface area contributed by atoms with Crippen molar-refractivity contribution >= 4 is 23.3 Å². The summed E-state index contributed by atoms with van der Waals surface area (Å²) >= 11 is 0. The molecule has 4 aromatic rings. The molecule has 7 rings (SSSR count). The lowest BCUT2D eigenvalue weighted by atomic mass is 9.93. The highest BCUT2D eigenvalue weighted by Crippen LogP contribution is 2.41. The molecular formula is C30H29FN6O3. The Morgan fingerprint density at radius 3 is 2.60 bits per heavy atom. The van der Waals surface area contributed by atoms with E-state index < -0.39 is 17.8 Å². The molecule has 3 aliphatic rings. The van der Waals surface area contributed by atoms with E-state index in [0.29, 0.717) is 48.9 Å². The molecule has 10 heteroatoms. The molecule has 1 aliphatic carbocycles. The third kappa shape index (κ3) is 4.18. The van der Waals surface area contributed by atoms with Crippen molar-refractivity contribution in [3.05, 3.63) is 77.0 Å². The smallest absolute Gasteiger partial charge is 0.308 e. The highest BCUT2D eigenvalue weighted by Gasteiger charge is 2.33. The summed E-state index contributed by atoms with van der Waals surface area (Å²) < 4.78 is 17.0. The number of aliphatic carboxylic acids is 1. The van der Waals surface area contributed by atoms with Crippen LogP contribution in [0, 0.1) is 11.9 Å². The molecule has 204 valence electrons. The Bertz CT molecular complexity index is 1660. The van der Waals surface area contributed by atoms with Gasteiger partial charge in [-0.2, -0.15) is 9.49 Å². The van der Waals surface area contributed by atoms with Crippen LogP contribution in [0.2, 0.25) is 0 Å².